The molecule has 0 saturated carbocycles. The van der Waals surface area contributed by atoms with Gasteiger partial charge in [0.15, 0.2) is 11.5 Å². The highest BCUT2D eigenvalue weighted by molar-refractivity contribution is 5.95. The number of para-hydroxylation sites is 2. The van der Waals surface area contributed by atoms with E-state index in [0.29, 0.717) is 30.7 Å². The van der Waals surface area contributed by atoms with Crippen molar-refractivity contribution >= 4 is 17.5 Å². The van der Waals surface area contributed by atoms with E-state index < -0.39 is 0 Å². The monoisotopic (exact) mass is 394 g/mol. The summed E-state index contributed by atoms with van der Waals surface area (Å²) in [6.07, 6.45) is 4.11. The number of rotatable bonds is 5. The summed E-state index contributed by atoms with van der Waals surface area (Å²) in [5, 5.41) is 2.89. The second-order valence-electron chi connectivity index (χ2n) is 7.51. The number of likely N-dealkylation sites (tertiary alicyclic amines) is 1. The van der Waals surface area contributed by atoms with Crippen LogP contribution in [0.3, 0.4) is 0 Å². The number of amides is 2. The molecular formula is C23H26N2O4. The van der Waals surface area contributed by atoms with Gasteiger partial charge in [-0.15, -0.1) is 0 Å². The number of piperidine rings is 1. The Labute approximate surface area is 170 Å². The number of carbonyl (C=O) groups excluding carboxylic acids is 2. The SMILES string of the molecule is O=C(CCC1COc2ccccc2O1)Nc1ccc(C(=O)N2CCCCC2)cc1. The van der Waals surface area contributed by atoms with Gasteiger partial charge in [0.05, 0.1) is 0 Å². The van der Waals surface area contributed by atoms with Crippen LogP contribution in [0, 0.1) is 0 Å². The quantitative estimate of drug-likeness (QED) is 0.836. The zero-order chi connectivity index (χ0) is 20.1. The van der Waals surface area contributed by atoms with Crippen molar-refractivity contribution < 1.29 is 19.1 Å². The molecule has 6 nitrogen and oxygen atoms in total. The summed E-state index contributed by atoms with van der Waals surface area (Å²) >= 11 is 0. The fraction of sp³-hybridized carbons (Fsp3) is 0.391. The Morgan fingerprint density at radius 2 is 1.69 bits per heavy atom. The molecule has 2 heterocycles. The van der Waals surface area contributed by atoms with Gasteiger partial charge in [0.2, 0.25) is 5.91 Å². The Morgan fingerprint density at radius 1 is 0.966 bits per heavy atom. The maximum absolute atomic E-state index is 12.5. The van der Waals surface area contributed by atoms with Crippen molar-refractivity contribution in [2.45, 2.75) is 38.2 Å². The molecule has 6 heteroatoms. The van der Waals surface area contributed by atoms with Crippen molar-refractivity contribution in [1.82, 2.24) is 4.90 Å². The van der Waals surface area contributed by atoms with Gasteiger partial charge in [0, 0.05) is 30.8 Å². The lowest BCUT2D eigenvalue weighted by atomic mass is 10.1. The molecule has 2 aromatic carbocycles. The summed E-state index contributed by atoms with van der Waals surface area (Å²) in [5.74, 6) is 1.45. The first-order chi connectivity index (χ1) is 14.2. The van der Waals surface area contributed by atoms with Crippen LogP contribution in [-0.2, 0) is 4.79 Å². The van der Waals surface area contributed by atoms with Gasteiger partial charge in [0.1, 0.15) is 12.7 Å². The molecule has 152 valence electrons. The Bertz CT molecular complexity index is 859. The minimum absolute atomic E-state index is 0.0669. The van der Waals surface area contributed by atoms with Gasteiger partial charge in [-0.1, -0.05) is 12.1 Å². The Kier molecular flexibility index (Phi) is 5.98. The number of hydrogen-bond donors (Lipinski definition) is 1. The van der Waals surface area contributed by atoms with E-state index in [0.717, 1.165) is 37.4 Å². The van der Waals surface area contributed by atoms with E-state index in [2.05, 4.69) is 5.32 Å². The van der Waals surface area contributed by atoms with E-state index in [1.807, 2.05) is 29.2 Å². The molecule has 1 saturated heterocycles. The average Bonchev–Trinajstić information content (AvgIpc) is 2.78. The van der Waals surface area contributed by atoms with Gasteiger partial charge in [-0.25, -0.2) is 0 Å². The second kappa shape index (κ2) is 8.99. The lowest BCUT2D eigenvalue weighted by Gasteiger charge is -2.26. The number of ether oxygens (including phenoxy) is 2. The van der Waals surface area contributed by atoms with E-state index in [9.17, 15) is 9.59 Å². The number of fused-ring (bicyclic) bond motifs is 1. The number of anilines is 1. The molecule has 1 N–H and O–H groups in total. The van der Waals surface area contributed by atoms with Crippen molar-refractivity contribution in [2.24, 2.45) is 0 Å². The second-order valence-corrected chi connectivity index (χ2v) is 7.51. The van der Waals surface area contributed by atoms with Gasteiger partial charge in [-0.3, -0.25) is 9.59 Å². The zero-order valence-electron chi connectivity index (χ0n) is 16.4. The molecule has 0 aromatic heterocycles. The van der Waals surface area contributed by atoms with Crippen LogP contribution in [0.5, 0.6) is 11.5 Å². The van der Waals surface area contributed by atoms with Gasteiger partial charge >= 0.3 is 0 Å². The predicted octanol–water partition coefficient (Wildman–Crippen LogP) is 3.87. The minimum atomic E-state index is -0.139. The normalized spacial score (nSPS) is 18.2. The van der Waals surface area contributed by atoms with E-state index >= 15 is 0 Å². The lowest BCUT2D eigenvalue weighted by molar-refractivity contribution is -0.116. The molecule has 2 aromatic rings. The summed E-state index contributed by atoms with van der Waals surface area (Å²) in [7, 11) is 0. The standard InChI is InChI=1S/C23H26N2O4/c26-22(13-12-19-16-28-20-6-2-3-7-21(20)29-19)24-18-10-8-17(9-11-18)23(27)25-14-4-1-5-15-25/h2-3,6-11,19H,1,4-5,12-16H2,(H,24,26). The Hall–Kier alpha value is -3.02. The van der Waals surface area contributed by atoms with Crippen LogP contribution in [0.2, 0.25) is 0 Å². The Morgan fingerprint density at radius 3 is 2.45 bits per heavy atom. The van der Waals surface area contributed by atoms with E-state index in [1.54, 1.807) is 24.3 Å². The van der Waals surface area contributed by atoms with Gasteiger partial charge < -0.3 is 19.7 Å². The summed E-state index contributed by atoms with van der Waals surface area (Å²) in [5.41, 5.74) is 1.35. The van der Waals surface area contributed by atoms with Crippen LogP contribution in [0.4, 0.5) is 5.69 Å². The van der Waals surface area contributed by atoms with Crippen molar-refractivity contribution in [2.75, 3.05) is 25.0 Å². The van der Waals surface area contributed by atoms with Gasteiger partial charge in [-0.2, -0.15) is 0 Å². The highest BCUT2D eigenvalue weighted by atomic mass is 16.6. The highest BCUT2D eigenvalue weighted by Gasteiger charge is 2.21. The first-order valence-electron chi connectivity index (χ1n) is 10.3. The molecule has 2 aliphatic rings. The van der Waals surface area contributed by atoms with Crippen LogP contribution in [0.15, 0.2) is 48.5 Å². The van der Waals surface area contributed by atoms with E-state index in [-0.39, 0.29) is 17.9 Å². The average molecular weight is 394 g/mol. The van der Waals surface area contributed by atoms with Gasteiger partial charge in [-0.05, 0) is 62.1 Å². The molecule has 0 bridgehead atoms. The van der Waals surface area contributed by atoms with Crippen LogP contribution < -0.4 is 14.8 Å². The maximum Gasteiger partial charge on any atom is 0.253 e. The third-order valence-corrected chi connectivity index (χ3v) is 5.32. The fourth-order valence-corrected chi connectivity index (χ4v) is 3.70. The van der Waals surface area contributed by atoms with E-state index in [4.69, 9.17) is 9.47 Å². The molecule has 2 amide bonds. The summed E-state index contributed by atoms with van der Waals surface area (Å²) < 4.78 is 11.6. The summed E-state index contributed by atoms with van der Waals surface area (Å²) in [6.45, 7) is 2.10. The molecule has 1 unspecified atom stereocenters. The topological polar surface area (TPSA) is 67.9 Å². The van der Waals surface area contributed by atoms with Crippen molar-refractivity contribution in [3.05, 3.63) is 54.1 Å². The van der Waals surface area contributed by atoms with E-state index in [1.165, 1.54) is 6.42 Å². The first-order valence-corrected chi connectivity index (χ1v) is 10.3. The molecule has 1 fully saturated rings. The van der Waals surface area contributed by atoms with Crippen LogP contribution in [0.1, 0.15) is 42.5 Å². The number of benzene rings is 2. The zero-order valence-corrected chi connectivity index (χ0v) is 16.4. The van der Waals surface area contributed by atoms with Crippen LogP contribution >= 0.6 is 0 Å². The number of carbonyl (C=O) groups is 2. The number of hydrogen-bond acceptors (Lipinski definition) is 4. The molecular weight excluding hydrogens is 368 g/mol. The molecule has 0 radical (unpaired) electrons. The third-order valence-electron chi connectivity index (χ3n) is 5.32. The molecule has 0 aliphatic carbocycles. The smallest absolute Gasteiger partial charge is 0.253 e. The summed E-state index contributed by atoms with van der Waals surface area (Å²) in [4.78, 5) is 26.7. The van der Waals surface area contributed by atoms with Crippen LogP contribution in [-0.4, -0.2) is 42.5 Å². The highest BCUT2D eigenvalue weighted by Crippen LogP contribution is 2.31. The van der Waals surface area contributed by atoms with Crippen molar-refractivity contribution in [1.29, 1.82) is 0 Å². The largest absolute Gasteiger partial charge is 0.486 e. The first kappa shape index (κ1) is 19.3. The Balaban J connectivity index is 1.25. The molecule has 0 spiro atoms. The third kappa shape index (κ3) is 4.88. The summed E-state index contributed by atoms with van der Waals surface area (Å²) in [6, 6.07) is 14.7. The maximum atomic E-state index is 12.5. The van der Waals surface area contributed by atoms with Gasteiger partial charge in [0.25, 0.3) is 5.91 Å². The molecule has 4 rings (SSSR count). The minimum Gasteiger partial charge on any atom is -0.486 e. The number of nitrogens with one attached hydrogen (secondary N) is 1. The molecule has 2 aliphatic heterocycles. The lowest BCUT2D eigenvalue weighted by Crippen LogP contribution is -2.35. The predicted molar refractivity (Wildman–Crippen MR) is 110 cm³/mol. The van der Waals surface area contributed by atoms with Crippen molar-refractivity contribution in [3.63, 3.8) is 0 Å². The molecule has 29 heavy (non-hydrogen) atoms. The van der Waals surface area contributed by atoms with Crippen LogP contribution in [0.25, 0.3) is 0 Å². The number of nitrogens with zero attached hydrogens (tertiary/aromatic N) is 1. The molecule has 1 atom stereocenters. The fourth-order valence-electron chi connectivity index (χ4n) is 3.70. The van der Waals surface area contributed by atoms with Crippen molar-refractivity contribution in [3.8, 4) is 11.5 Å².